The molecule has 0 aromatic carbocycles. The van der Waals surface area contributed by atoms with Crippen LogP contribution in [0.25, 0.3) is 0 Å². The first-order valence-electron chi connectivity index (χ1n) is 4.86. The van der Waals surface area contributed by atoms with Gasteiger partial charge in [0.05, 0.1) is 11.4 Å². The maximum absolute atomic E-state index is 5.31. The van der Waals surface area contributed by atoms with E-state index in [2.05, 4.69) is 17.3 Å². The van der Waals surface area contributed by atoms with Gasteiger partial charge in [-0.1, -0.05) is 13.3 Å². The van der Waals surface area contributed by atoms with Crippen LogP contribution in [0.15, 0.2) is 18.3 Å². The van der Waals surface area contributed by atoms with E-state index in [0.717, 1.165) is 17.1 Å². The van der Waals surface area contributed by atoms with E-state index in [1.807, 2.05) is 23.9 Å². The number of nitrogens with one attached hydrogen (secondary N) is 1. The summed E-state index contributed by atoms with van der Waals surface area (Å²) >= 11 is 1.92. The Morgan fingerprint density at radius 3 is 3.14 bits per heavy atom. The summed E-state index contributed by atoms with van der Waals surface area (Å²) in [5.41, 5.74) is 4.63. The van der Waals surface area contributed by atoms with Gasteiger partial charge in [-0.05, 0) is 24.3 Å². The number of aromatic nitrogens is 1. The first-order valence-corrected chi connectivity index (χ1v) is 6.01. The van der Waals surface area contributed by atoms with Gasteiger partial charge in [-0.2, -0.15) is 11.8 Å². The lowest BCUT2D eigenvalue weighted by Gasteiger charge is -2.03. The van der Waals surface area contributed by atoms with Crippen molar-refractivity contribution in [2.75, 3.05) is 11.2 Å². The quantitative estimate of drug-likeness (QED) is 0.431. The summed E-state index contributed by atoms with van der Waals surface area (Å²) in [6.45, 7) is 2.21. The lowest BCUT2D eigenvalue weighted by atomic mass is 10.3. The van der Waals surface area contributed by atoms with Crippen molar-refractivity contribution in [1.29, 1.82) is 0 Å². The highest BCUT2D eigenvalue weighted by atomic mass is 32.2. The maximum atomic E-state index is 5.31. The van der Waals surface area contributed by atoms with Crippen LogP contribution < -0.4 is 11.3 Å². The van der Waals surface area contributed by atoms with Crippen LogP contribution in [0.1, 0.15) is 25.5 Å². The molecule has 1 rings (SSSR count). The third-order valence-corrected chi connectivity index (χ3v) is 2.95. The summed E-state index contributed by atoms with van der Waals surface area (Å²) in [6, 6.07) is 3.85. The van der Waals surface area contributed by atoms with Gasteiger partial charge in [0.2, 0.25) is 0 Å². The molecule has 0 aliphatic heterocycles. The number of unbranched alkanes of at least 4 members (excludes halogenated alkanes) is 1. The molecule has 3 N–H and O–H groups in total. The first kappa shape index (κ1) is 11.3. The Hall–Kier alpha value is -0.740. The Morgan fingerprint density at radius 2 is 2.43 bits per heavy atom. The van der Waals surface area contributed by atoms with Crippen LogP contribution in [0, 0.1) is 0 Å². The van der Waals surface area contributed by atoms with Gasteiger partial charge >= 0.3 is 0 Å². The zero-order valence-corrected chi connectivity index (χ0v) is 9.31. The van der Waals surface area contributed by atoms with Gasteiger partial charge in [-0.3, -0.25) is 10.8 Å². The Kier molecular flexibility index (Phi) is 5.40. The molecule has 1 aromatic heterocycles. The summed E-state index contributed by atoms with van der Waals surface area (Å²) in [6.07, 6.45) is 4.31. The van der Waals surface area contributed by atoms with E-state index in [-0.39, 0.29) is 0 Å². The number of hydrogen-bond acceptors (Lipinski definition) is 4. The molecule has 0 radical (unpaired) electrons. The Labute approximate surface area is 89.5 Å². The highest BCUT2D eigenvalue weighted by Crippen LogP contribution is 2.14. The van der Waals surface area contributed by atoms with E-state index >= 15 is 0 Å². The largest absolute Gasteiger partial charge is 0.324 e. The average Bonchev–Trinajstić information content (AvgIpc) is 2.25. The highest BCUT2D eigenvalue weighted by molar-refractivity contribution is 7.98. The second-order valence-electron chi connectivity index (χ2n) is 3.09. The SMILES string of the molecule is CCCCSCc1cc(NN)ccn1. The van der Waals surface area contributed by atoms with Crippen molar-refractivity contribution in [1.82, 2.24) is 4.98 Å². The monoisotopic (exact) mass is 211 g/mol. The molecule has 78 valence electrons. The van der Waals surface area contributed by atoms with E-state index in [0.29, 0.717) is 0 Å². The minimum Gasteiger partial charge on any atom is -0.324 e. The summed E-state index contributed by atoms with van der Waals surface area (Å²) in [5, 5.41) is 0. The number of nitrogens with zero attached hydrogens (tertiary/aromatic N) is 1. The molecular formula is C10H17N3S. The van der Waals surface area contributed by atoms with Gasteiger partial charge in [0.1, 0.15) is 0 Å². The predicted molar refractivity (Wildman–Crippen MR) is 63.1 cm³/mol. The van der Waals surface area contributed by atoms with E-state index < -0.39 is 0 Å². The van der Waals surface area contributed by atoms with Gasteiger partial charge in [-0.25, -0.2) is 0 Å². The van der Waals surface area contributed by atoms with Crippen molar-refractivity contribution >= 4 is 17.4 Å². The van der Waals surface area contributed by atoms with E-state index in [1.165, 1.54) is 18.6 Å². The third-order valence-electron chi connectivity index (χ3n) is 1.88. The first-order chi connectivity index (χ1) is 6.86. The van der Waals surface area contributed by atoms with Crippen LogP contribution in [0.4, 0.5) is 5.69 Å². The minimum atomic E-state index is 0.922. The zero-order chi connectivity index (χ0) is 10.2. The van der Waals surface area contributed by atoms with E-state index in [9.17, 15) is 0 Å². The molecule has 4 heteroatoms. The summed E-state index contributed by atoms with van der Waals surface area (Å²) in [4.78, 5) is 4.27. The second-order valence-corrected chi connectivity index (χ2v) is 4.19. The number of hydrogen-bond donors (Lipinski definition) is 2. The van der Waals surface area contributed by atoms with Gasteiger partial charge in [0, 0.05) is 11.9 Å². The molecule has 0 aliphatic rings. The topological polar surface area (TPSA) is 50.9 Å². The molecule has 0 spiro atoms. The summed E-state index contributed by atoms with van der Waals surface area (Å²) in [5.74, 6) is 7.49. The van der Waals surface area contributed by atoms with Gasteiger partial charge in [-0.15, -0.1) is 0 Å². The van der Waals surface area contributed by atoms with Gasteiger partial charge in [0.25, 0.3) is 0 Å². The Balaban J connectivity index is 2.34. The lowest BCUT2D eigenvalue weighted by Crippen LogP contribution is -2.07. The number of rotatable bonds is 6. The van der Waals surface area contributed by atoms with Gasteiger partial charge < -0.3 is 5.43 Å². The summed E-state index contributed by atoms with van der Waals surface area (Å²) in [7, 11) is 0. The minimum absolute atomic E-state index is 0.922. The fourth-order valence-corrected chi connectivity index (χ4v) is 2.07. The number of anilines is 1. The lowest BCUT2D eigenvalue weighted by molar-refractivity contribution is 0.895. The molecule has 0 aliphatic carbocycles. The van der Waals surface area contributed by atoms with Crippen LogP contribution in [0.2, 0.25) is 0 Å². The maximum Gasteiger partial charge on any atom is 0.0523 e. The van der Waals surface area contributed by atoms with Crippen molar-refractivity contribution in [2.24, 2.45) is 5.84 Å². The number of hydrazine groups is 1. The Bertz CT molecular complexity index is 265. The summed E-state index contributed by atoms with van der Waals surface area (Å²) < 4.78 is 0. The van der Waals surface area contributed by atoms with Crippen molar-refractivity contribution in [3.8, 4) is 0 Å². The van der Waals surface area contributed by atoms with Crippen molar-refractivity contribution in [3.05, 3.63) is 24.0 Å². The highest BCUT2D eigenvalue weighted by Gasteiger charge is 1.96. The fraction of sp³-hybridized carbons (Fsp3) is 0.500. The van der Waals surface area contributed by atoms with Gasteiger partial charge in [0.15, 0.2) is 0 Å². The number of nitrogen functional groups attached to an aromatic ring is 1. The number of pyridine rings is 1. The normalized spacial score (nSPS) is 10.1. The van der Waals surface area contributed by atoms with E-state index in [1.54, 1.807) is 6.20 Å². The molecule has 0 saturated carbocycles. The van der Waals surface area contributed by atoms with Crippen LogP contribution in [-0.2, 0) is 5.75 Å². The molecule has 0 unspecified atom stereocenters. The third kappa shape index (κ3) is 3.98. The second kappa shape index (κ2) is 6.68. The Morgan fingerprint density at radius 1 is 1.57 bits per heavy atom. The average molecular weight is 211 g/mol. The van der Waals surface area contributed by atoms with Crippen LogP contribution in [0.3, 0.4) is 0 Å². The predicted octanol–water partition coefficient (Wildman–Crippen LogP) is 2.40. The molecule has 1 heterocycles. The van der Waals surface area contributed by atoms with Crippen molar-refractivity contribution in [2.45, 2.75) is 25.5 Å². The standard InChI is InChI=1S/C10H17N3S/c1-2-3-6-14-8-10-7-9(13-11)4-5-12-10/h4-5,7H,2-3,6,8,11H2,1H3,(H,12,13). The van der Waals surface area contributed by atoms with Crippen molar-refractivity contribution in [3.63, 3.8) is 0 Å². The van der Waals surface area contributed by atoms with E-state index in [4.69, 9.17) is 5.84 Å². The molecule has 1 aromatic rings. The van der Waals surface area contributed by atoms with Crippen LogP contribution in [-0.4, -0.2) is 10.7 Å². The molecule has 14 heavy (non-hydrogen) atoms. The molecule has 0 atom stereocenters. The van der Waals surface area contributed by atoms with Crippen molar-refractivity contribution < 1.29 is 0 Å². The van der Waals surface area contributed by atoms with Crippen LogP contribution >= 0.6 is 11.8 Å². The number of thioether (sulfide) groups is 1. The zero-order valence-electron chi connectivity index (χ0n) is 8.49. The number of nitrogens with two attached hydrogens (primary N) is 1. The molecule has 0 saturated heterocycles. The molecule has 3 nitrogen and oxygen atoms in total. The molecule has 0 fully saturated rings. The fourth-order valence-electron chi connectivity index (χ4n) is 1.07. The smallest absolute Gasteiger partial charge is 0.0523 e. The molecular weight excluding hydrogens is 194 g/mol. The molecule has 0 amide bonds. The molecule has 0 bridgehead atoms. The van der Waals surface area contributed by atoms with Crippen LogP contribution in [0.5, 0.6) is 0 Å².